The average molecular weight is 220 g/mol. The summed E-state index contributed by atoms with van der Waals surface area (Å²) in [6.07, 6.45) is 4.99. The summed E-state index contributed by atoms with van der Waals surface area (Å²) in [6, 6.07) is 10.5. The monoisotopic (exact) mass is 220 g/mol. The van der Waals surface area contributed by atoms with Crippen molar-refractivity contribution in [1.29, 1.82) is 0 Å². The van der Waals surface area contributed by atoms with Crippen molar-refractivity contribution in [1.82, 2.24) is 0 Å². The fourth-order valence-electron chi connectivity index (χ4n) is 2.26. The Hall–Kier alpha value is -0.860. The van der Waals surface area contributed by atoms with E-state index < -0.39 is 0 Å². The van der Waals surface area contributed by atoms with Crippen molar-refractivity contribution in [3.8, 4) is 0 Å². The Labute approximate surface area is 97.3 Å². The maximum Gasteiger partial charge on any atom is 0.0833 e. The standard InChI is InChI=1S/C14H20O2/c15-13-9-4-10-14(13)16-11-5-8-12-6-2-1-3-7-12/h1-3,6-7,13-15H,4-5,8-11H2. The molecule has 1 aliphatic carbocycles. The maximum absolute atomic E-state index is 9.58. The number of hydrogen-bond acceptors (Lipinski definition) is 2. The van der Waals surface area contributed by atoms with E-state index in [4.69, 9.17) is 4.74 Å². The van der Waals surface area contributed by atoms with Crippen LogP contribution in [0.5, 0.6) is 0 Å². The van der Waals surface area contributed by atoms with Crippen LogP contribution in [0, 0.1) is 0 Å². The zero-order valence-electron chi connectivity index (χ0n) is 9.64. The van der Waals surface area contributed by atoms with Crippen LogP contribution in [0.1, 0.15) is 31.2 Å². The lowest BCUT2D eigenvalue weighted by molar-refractivity contribution is -0.0191. The minimum Gasteiger partial charge on any atom is -0.390 e. The van der Waals surface area contributed by atoms with E-state index in [9.17, 15) is 5.11 Å². The van der Waals surface area contributed by atoms with Crippen molar-refractivity contribution in [2.24, 2.45) is 0 Å². The molecular weight excluding hydrogens is 200 g/mol. The molecule has 0 bridgehead atoms. The smallest absolute Gasteiger partial charge is 0.0833 e. The molecular formula is C14H20O2. The Morgan fingerprint density at radius 1 is 1.19 bits per heavy atom. The molecule has 0 saturated heterocycles. The van der Waals surface area contributed by atoms with Crippen LogP contribution in [-0.2, 0) is 11.2 Å². The predicted octanol–water partition coefficient (Wildman–Crippen LogP) is 2.55. The summed E-state index contributed by atoms with van der Waals surface area (Å²) < 4.78 is 5.69. The number of aliphatic hydroxyl groups is 1. The molecule has 0 aromatic heterocycles. The van der Waals surface area contributed by atoms with E-state index in [1.807, 2.05) is 6.07 Å². The van der Waals surface area contributed by atoms with Crippen molar-refractivity contribution >= 4 is 0 Å². The first-order valence-corrected chi connectivity index (χ1v) is 6.20. The second-order valence-electron chi connectivity index (χ2n) is 4.50. The summed E-state index contributed by atoms with van der Waals surface area (Å²) >= 11 is 0. The quantitative estimate of drug-likeness (QED) is 0.773. The first kappa shape index (κ1) is 11.6. The molecule has 1 aromatic rings. The molecule has 2 atom stereocenters. The fourth-order valence-corrected chi connectivity index (χ4v) is 2.26. The third-order valence-corrected chi connectivity index (χ3v) is 3.20. The van der Waals surface area contributed by atoms with Gasteiger partial charge in [-0.25, -0.2) is 0 Å². The molecule has 0 aliphatic heterocycles. The van der Waals surface area contributed by atoms with Crippen molar-refractivity contribution < 1.29 is 9.84 Å². The highest BCUT2D eigenvalue weighted by Gasteiger charge is 2.25. The Morgan fingerprint density at radius 2 is 2.00 bits per heavy atom. The molecule has 1 fully saturated rings. The Kier molecular flexibility index (Phi) is 4.37. The maximum atomic E-state index is 9.58. The van der Waals surface area contributed by atoms with Crippen LogP contribution in [0.3, 0.4) is 0 Å². The van der Waals surface area contributed by atoms with Gasteiger partial charge in [0.1, 0.15) is 0 Å². The number of rotatable bonds is 5. The second kappa shape index (κ2) is 6.02. The lowest BCUT2D eigenvalue weighted by Crippen LogP contribution is -2.23. The molecule has 2 heteroatoms. The SMILES string of the molecule is OC1CCCC1OCCCc1ccccc1. The van der Waals surface area contributed by atoms with E-state index in [0.29, 0.717) is 0 Å². The first-order chi connectivity index (χ1) is 7.86. The molecule has 2 unspecified atom stereocenters. The minimum atomic E-state index is -0.225. The molecule has 0 spiro atoms. The van der Waals surface area contributed by atoms with Crippen molar-refractivity contribution in [3.05, 3.63) is 35.9 Å². The van der Waals surface area contributed by atoms with Gasteiger partial charge in [0.25, 0.3) is 0 Å². The van der Waals surface area contributed by atoms with Crippen molar-refractivity contribution in [2.45, 2.75) is 44.3 Å². The minimum absolute atomic E-state index is 0.0933. The number of aryl methyl sites for hydroxylation is 1. The lowest BCUT2D eigenvalue weighted by atomic mass is 10.1. The van der Waals surface area contributed by atoms with Crippen LogP contribution < -0.4 is 0 Å². The molecule has 1 aliphatic rings. The normalized spacial score (nSPS) is 24.8. The van der Waals surface area contributed by atoms with E-state index in [0.717, 1.165) is 38.7 Å². The highest BCUT2D eigenvalue weighted by Crippen LogP contribution is 2.21. The lowest BCUT2D eigenvalue weighted by Gasteiger charge is -2.15. The molecule has 1 saturated carbocycles. The van der Waals surface area contributed by atoms with E-state index in [1.54, 1.807) is 0 Å². The van der Waals surface area contributed by atoms with Crippen molar-refractivity contribution in [3.63, 3.8) is 0 Å². The van der Waals surface area contributed by atoms with E-state index in [-0.39, 0.29) is 12.2 Å². The van der Waals surface area contributed by atoms with Crippen LogP contribution in [0.15, 0.2) is 30.3 Å². The third-order valence-electron chi connectivity index (χ3n) is 3.20. The zero-order chi connectivity index (χ0) is 11.2. The van der Waals surface area contributed by atoms with Crippen LogP contribution in [0.4, 0.5) is 0 Å². The first-order valence-electron chi connectivity index (χ1n) is 6.20. The molecule has 1 N–H and O–H groups in total. The molecule has 1 aromatic carbocycles. The molecule has 16 heavy (non-hydrogen) atoms. The molecule has 2 nitrogen and oxygen atoms in total. The summed E-state index contributed by atoms with van der Waals surface area (Å²) in [5, 5.41) is 9.58. The summed E-state index contributed by atoms with van der Waals surface area (Å²) in [6.45, 7) is 0.761. The summed E-state index contributed by atoms with van der Waals surface area (Å²) in [7, 11) is 0. The Morgan fingerprint density at radius 3 is 2.69 bits per heavy atom. The molecule has 2 rings (SSSR count). The third kappa shape index (κ3) is 3.32. The van der Waals surface area contributed by atoms with Gasteiger partial charge in [0.2, 0.25) is 0 Å². The second-order valence-corrected chi connectivity index (χ2v) is 4.50. The van der Waals surface area contributed by atoms with Crippen LogP contribution in [-0.4, -0.2) is 23.9 Å². The Bertz CT molecular complexity index is 297. The van der Waals surface area contributed by atoms with Gasteiger partial charge < -0.3 is 9.84 Å². The van der Waals surface area contributed by atoms with E-state index in [1.165, 1.54) is 5.56 Å². The van der Waals surface area contributed by atoms with Gasteiger partial charge in [-0.2, -0.15) is 0 Å². The molecule has 0 heterocycles. The number of aliphatic hydroxyl groups excluding tert-OH is 1. The number of ether oxygens (including phenoxy) is 1. The number of benzene rings is 1. The molecule has 0 radical (unpaired) electrons. The summed E-state index contributed by atoms with van der Waals surface area (Å²) in [5.74, 6) is 0. The van der Waals surface area contributed by atoms with E-state index in [2.05, 4.69) is 24.3 Å². The zero-order valence-corrected chi connectivity index (χ0v) is 9.64. The van der Waals surface area contributed by atoms with Gasteiger partial charge in [0.15, 0.2) is 0 Å². The van der Waals surface area contributed by atoms with Gasteiger partial charge in [-0.3, -0.25) is 0 Å². The van der Waals surface area contributed by atoms with Crippen LogP contribution in [0.2, 0.25) is 0 Å². The van der Waals surface area contributed by atoms with Gasteiger partial charge in [-0.05, 0) is 37.7 Å². The summed E-state index contributed by atoms with van der Waals surface area (Å²) in [5.41, 5.74) is 1.36. The van der Waals surface area contributed by atoms with Crippen LogP contribution >= 0.6 is 0 Å². The van der Waals surface area contributed by atoms with Gasteiger partial charge in [-0.1, -0.05) is 30.3 Å². The largest absolute Gasteiger partial charge is 0.390 e. The molecule has 88 valence electrons. The van der Waals surface area contributed by atoms with Gasteiger partial charge in [0, 0.05) is 6.61 Å². The predicted molar refractivity (Wildman–Crippen MR) is 64.4 cm³/mol. The average Bonchev–Trinajstić information content (AvgIpc) is 2.72. The van der Waals surface area contributed by atoms with Crippen molar-refractivity contribution in [2.75, 3.05) is 6.61 Å². The van der Waals surface area contributed by atoms with E-state index >= 15 is 0 Å². The topological polar surface area (TPSA) is 29.5 Å². The fraction of sp³-hybridized carbons (Fsp3) is 0.571. The van der Waals surface area contributed by atoms with Gasteiger partial charge in [0.05, 0.1) is 12.2 Å². The molecule has 0 amide bonds. The number of hydrogen-bond donors (Lipinski definition) is 1. The highest BCUT2D eigenvalue weighted by atomic mass is 16.5. The van der Waals surface area contributed by atoms with Crippen LogP contribution in [0.25, 0.3) is 0 Å². The summed E-state index contributed by atoms with van der Waals surface area (Å²) in [4.78, 5) is 0. The Balaban J connectivity index is 1.62. The highest BCUT2D eigenvalue weighted by molar-refractivity contribution is 5.14. The van der Waals surface area contributed by atoms with Gasteiger partial charge in [-0.15, -0.1) is 0 Å². The van der Waals surface area contributed by atoms with Gasteiger partial charge >= 0.3 is 0 Å².